The summed E-state index contributed by atoms with van der Waals surface area (Å²) in [7, 11) is 0. The first-order valence-corrected chi connectivity index (χ1v) is 9.58. The summed E-state index contributed by atoms with van der Waals surface area (Å²) in [4.78, 5) is 38.4. The van der Waals surface area contributed by atoms with Crippen LogP contribution in [0.2, 0.25) is 0 Å². The van der Waals surface area contributed by atoms with Gasteiger partial charge in [0.2, 0.25) is 5.91 Å². The fraction of sp³-hybridized carbons (Fsp3) is 0.318. The van der Waals surface area contributed by atoms with Crippen molar-refractivity contribution >= 4 is 23.5 Å². The van der Waals surface area contributed by atoms with Gasteiger partial charge >= 0.3 is 11.9 Å². The molecule has 0 radical (unpaired) electrons. The highest BCUT2D eigenvalue weighted by molar-refractivity contribution is 5.95. The molecule has 1 amide bonds. The Morgan fingerprint density at radius 2 is 1.86 bits per heavy atom. The Kier molecular flexibility index (Phi) is 6.97. The van der Waals surface area contributed by atoms with Crippen LogP contribution in [0.5, 0.6) is 0 Å². The van der Waals surface area contributed by atoms with Crippen molar-refractivity contribution in [1.82, 2.24) is 4.90 Å². The Bertz CT molecular complexity index is 851. The number of morpholine rings is 1. The van der Waals surface area contributed by atoms with Gasteiger partial charge in [-0.15, -0.1) is 0 Å². The summed E-state index contributed by atoms with van der Waals surface area (Å²) in [6, 6.07) is 15.6. The molecular formula is C22H24N2O5. The molecule has 0 unspecified atom stereocenters. The number of esters is 2. The zero-order valence-electron chi connectivity index (χ0n) is 16.3. The second-order valence-corrected chi connectivity index (χ2v) is 6.69. The van der Waals surface area contributed by atoms with Crippen LogP contribution in [0, 0.1) is 0 Å². The third-order valence-corrected chi connectivity index (χ3v) is 4.62. The fourth-order valence-corrected chi connectivity index (χ4v) is 3.18. The van der Waals surface area contributed by atoms with Crippen molar-refractivity contribution in [2.24, 2.45) is 0 Å². The highest BCUT2D eigenvalue weighted by Gasteiger charge is 2.33. The van der Waals surface area contributed by atoms with Gasteiger partial charge in [-0.05, 0) is 36.8 Å². The summed E-state index contributed by atoms with van der Waals surface area (Å²) in [5, 5.41) is 2.77. The Morgan fingerprint density at radius 3 is 2.55 bits per heavy atom. The minimum Gasteiger partial charge on any atom is -0.463 e. The molecule has 2 aromatic carbocycles. The van der Waals surface area contributed by atoms with E-state index in [2.05, 4.69) is 5.32 Å². The lowest BCUT2D eigenvalue weighted by atomic mass is 10.1. The van der Waals surface area contributed by atoms with Gasteiger partial charge in [-0.3, -0.25) is 14.5 Å². The van der Waals surface area contributed by atoms with Crippen molar-refractivity contribution in [2.45, 2.75) is 25.9 Å². The number of carbonyl (C=O) groups excluding carboxylic acids is 3. The van der Waals surface area contributed by atoms with Gasteiger partial charge < -0.3 is 14.8 Å². The zero-order valence-corrected chi connectivity index (χ0v) is 16.3. The molecule has 1 atom stereocenters. The van der Waals surface area contributed by atoms with Gasteiger partial charge in [0.05, 0.1) is 18.6 Å². The Morgan fingerprint density at radius 1 is 1.14 bits per heavy atom. The molecule has 1 heterocycles. The molecule has 1 aliphatic heterocycles. The van der Waals surface area contributed by atoms with Crippen molar-refractivity contribution in [3.05, 3.63) is 65.7 Å². The number of rotatable bonds is 7. The van der Waals surface area contributed by atoms with Crippen molar-refractivity contribution in [3.8, 4) is 0 Å². The molecule has 7 heteroatoms. The third-order valence-electron chi connectivity index (χ3n) is 4.62. The average Bonchev–Trinajstić information content (AvgIpc) is 2.72. The van der Waals surface area contributed by atoms with Crippen molar-refractivity contribution in [2.75, 3.05) is 25.1 Å². The summed E-state index contributed by atoms with van der Waals surface area (Å²) in [6.45, 7) is 3.51. The van der Waals surface area contributed by atoms with E-state index in [1.165, 1.54) is 0 Å². The summed E-state index contributed by atoms with van der Waals surface area (Å²) in [6.07, 6.45) is -0.00864. The van der Waals surface area contributed by atoms with E-state index < -0.39 is 12.0 Å². The number of anilines is 1. The first-order chi connectivity index (χ1) is 14.1. The number of nitrogens with zero attached hydrogens (tertiary/aromatic N) is 1. The molecule has 0 saturated carbocycles. The largest absolute Gasteiger partial charge is 0.463 e. The van der Waals surface area contributed by atoms with E-state index in [4.69, 9.17) is 9.47 Å². The van der Waals surface area contributed by atoms with Gasteiger partial charge in [0.1, 0.15) is 12.6 Å². The number of hydrogen-bond donors (Lipinski definition) is 1. The highest BCUT2D eigenvalue weighted by Crippen LogP contribution is 2.18. The quantitative estimate of drug-likeness (QED) is 0.725. The molecule has 0 bridgehead atoms. The van der Waals surface area contributed by atoms with Gasteiger partial charge in [0.25, 0.3) is 0 Å². The maximum atomic E-state index is 12.5. The maximum absolute atomic E-state index is 12.5. The lowest BCUT2D eigenvalue weighted by Crippen LogP contribution is -2.49. The lowest BCUT2D eigenvalue weighted by Gasteiger charge is -2.33. The van der Waals surface area contributed by atoms with E-state index >= 15 is 0 Å². The average molecular weight is 396 g/mol. The standard InChI is InChI=1S/C22H24N2O5/c1-2-28-21(26)17-8-10-18(11-9-17)23-20(25)14-19-22(27)29-13-12-24(19)15-16-6-4-3-5-7-16/h3-11,19H,2,12-15H2,1H3,(H,23,25)/t19-/m0/s1. The molecule has 152 valence electrons. The van der Waals surface area contributed by atoms with E-state index in [9.17, 15) is 14.4 Å². The summed E-state index contributed by atoms with van der Waals surface area (Å²) < 4.78 is 10.1. The van der Waals surface area contributed by atoms with Gasteiger partial charge in [-0.2, -0.15) is 0 Å². The van der Waals surface area contributed by atoms with Crippen LogP contribution in [0.4, 0.5) is 5.69 Å². The first kappa shape index (κ1) is 20.5. The second kappa shape index (κ2) is 9.84. The smallest absolute Gasteiger partial charge is 0.338 e. The summed E-state index contributed by atoms with van der Waals surface area (Å²) in [5.41, 5.74) is 2.03. The molecule has 3 rings (SSSR count). The molecule has 7 nitrogen and oxygen atoms in total. The zero-order chi connectivity index (χ0) is 20.6. The normalized spacial score (nSPS) is 16.7. The molecule has 0 aliphatic carbocycles. The minimum atomic E-state index is -0.636. The van der Waals surface area contributed by atoms with Crippen LogP contribution in [-0.4, -0.2) is 48.5 Å². The van der Waals surface area contributed by atoms with Crippen LogP contribution in [0.1, 0.15) is 29.3 Å². The van der Waals surface area contributed by atoms with Crippen LogP contribution < -0.4 is 5.32 Å². The number of benzene rings is 2. The van der Waals surface area contributed by atoms with E-state index in [0.717, 1.165) is 5.56 Å². The predicted molar refractivity (Wildman–Crippen MR) is 107 cm³/mol. The lowest BCUT2D eigenvalue weighted by molar-refractivity contribution is -0.159. The van der Waals surface area contributed by atoms with Gasteiger partial charge in [-0.25, -0.2) is 4.79 Å². The van der Waals surface area contributed by atoms with Crippen molar-refractivity contribution < 1.29 is 23.9 Å². The summed E-state index contributed by atoms with van der Waals surface area (Å²) >= 11 is 0. The maximum Gasteiger partial charge on any atom is 0.338 e. The topological polar surface area (TPSA) is 84.9 Å². The van der Waals surface area contributed by atoms with Crippen LogP contribution in [0.15, 0.2) is 54.6 Å². The Balaban J connectivity index is 1.61. The van der Waals surface area contributed by atoms with E-state index in [1.54, 1.807) is 31.2 Å². The first-order valence-electron chi connectivity index (χ1n) is 9.58. The van der Waals surface area contributed by atoms with Crippen LogP contribution in [0.25, 0.3) is 0 Å². The predicted octanol–water partition coefficient (Wildman–Crippen LogP) is 2.62. The molecule has 29 heavy (non-hydrogen) atoms. The van der Waals surface area contributed by atoms with Crippen LogP contribution in [0.3, 0.4) is 0 Å². The van der Waals surface area contributed by atoms with Crippen molar-refractivity contribution in [1.29, 1.82) is 0 Å². The van der Waals surface area contributed by atoms with Gasteiger partial charge in [-0.1, -0.05) is 30.3 Å². The molecule has 1 saturated heterocycles. The molecule has 0 spiro atoms. The number of nitrogens with one attached hydrogen (secondary N) is 1. The minimum absolute atomic E-state index is 0.00864. The SMILES string of the molecule is CCOC(=O)c1ccc(NC(=O)C[C@H]2C(=O)OCCN2Cc2ccccc2)cc1. The Labute approximate surface area is 169 Å². The second-order valence-electron chi connectivity index (χ2n) is 6.69. The van der Waals surface area contributed by atoms with E-state index in [-0.39, 0.29) is 18.3 Å². The number of hydrogen-bond acceptors (Lipinski definition) is 6. The number of ether oxygens (including phenoxy) is 2. The molecule has 1 fully saturated rings. The van der Waals surface area contributed by atoms with E-state index in [1.807, 2.05) is 35.2 Å². The Hall–Kier alpha value is -3.19. The van der Waals surface area contributed by atoms with Gasteiger partial charge in [0, 0.05) is 18.8 Å². The highest BCUT2D eigenvalue weighted by atomic mass is 16.5. The number of carbonyl (C=O) groups is 3. The molecule has 2 aromatic rings. The van der Waals surface area contributed by atoms with Crippen molar-refractivity contribution in [3.63, 3.8) is 0 Å². The van der Waals surface area contributed by atoms with Crippen LogP contribution >= 0.6 is 0 Å². The molecular weight excluding hydrogens is 372 g/mol. The molecule has 1 aliphatic rings. The number of amides is 1. The van der Waals surface area contributed by atoms with Crippen LogP contribution in [-0.2, 0) is 25.6 Å². The molecule has 0 aromatic heterocycles. The summed E-state index contributed by atoms with van der Waals surface area (Å²) in [5.74, 6) is -1.09. The fourth-order valence-electron chi connectivity index (χ4n) is 3.18. The molecule has 1 N–H and O–H groups in total. The third kappa shape index (κ3) is 5.65. The number of cyclic esters (lactones) is 1. The monoisotopic (exact) mass is 396 g/mol. The van der Waals surface area contributed by atoms with Gasteiger partial charge in [0.15, 0.2) is 0 Å². The van der Waals surface area contributed by atoms with E-state index in [0.29, 0.717) is 37.6 Å².